The molecule has 1 aliphatic carbocycles. The molecule has 0 aromatic heterocycles. The third-order valence-corrected chi connectivity index (χ3v) is 5.48. The third-order valence-electron chi connectivity index (χ3n) is 5.48. The molecular weight excluding hydrogens is 370 g/mol. The first-order valence-corrected chi connectivity index (χ1v) is 9.86. The molecular formula is C23H29NO5. The van der Waals surface area contributed by atoms with E-state index < -0.39 is 11.9 Å². The van der Waals surface area contributed by atoms with Gasteiger partial charge in [-0.1, -0.05) is 26.0 Å². The lowest BCUT2D eigenvalue weighted by molar-refractivity contribution is -0.138. The molecule has 29 heavy (non-hydrogen) atoms. The number of para-hydroxylation sites is 1. The van der Waals surface area contributed by atoms with E-state index in [1.807, 2.05) is 19.1 Å². The summed E-state index contributed by atoms with van der Waals surface area (Å²) in [6.07, 6.45) is 1.15. The van der Waals surface area contributed by atoms with E-state index in [1.54, 1.807) is 27.2 Å². The van der Waals surface area contributed by atoms with Crippen LogP contribution in [0.3, 0.4) is 0 Å². The Kier molecular flexibility index (Phi) is 5.73. The Hall–Kier alpha value is -2.76. The zero-order valence-electron chi connectivity index (χ0n) is 18.0. The Bertz CT molecular complexity index is 910. The van der Waals surface area contributed by atoms with Crippen LogP contribution >= 0.6 is 0 Å². The highest BCUT2D eigenvalue weighted by Crippen LogP contribution is 2.50. The predicted octanol–water partition coefficient (Wildman–Crippen LogP) is 3.87. The third kappa shape index (κ3) is 3.76. The molecule has 0 fully saturated rings. The van der Waals surface area contributed by atoms with Crippen LogP contribution in [0.2, 0.25) is 0 Å². The number of rotatable bonds is 5. The summed E-state index contributed by atoms with van der Waals surface area (Å²) in [7, 11) is 3.13. The number of dihydropyridines is 1. The summed E-state index contributed by atoms with van der Waals surface area (Å²) >= 11 is 0. The second kappa shape index (κ2) is 7.93. The lowest BCUT2D eigenvalue weighted by atomic mass is 9.68. The van der Waals surface area contributed by atoms with E-state index in [1.165, 1.54) is 0 Å². The van der Waals surface area contributed by atoms with Crippen molar-refractivity contribution in [2.24, 2.45) is 5.41 Å². The van der Waals surface area contributed by atoms with Gasteiger partial charge in [0.15, 0.2) is 17.3 Å². The van der Waals surface area contributed by atoms with Gasteiger partial charge in [0.2, 0.25) is 0 Å². The van der Waals surface area contributed by atoms with Crippen molar-refractivity contribution in [3.05, 3.63) is 46.3 Å². The molecule has 0 saturated carbocycles. The summed E-state index contributed by atoms with van der Waals surface area (Å²) in [6.45, 7) is 8.03. The first-order chi connectivity index (χ1) is 13.7. The standard InChI is InChI=1S/C23H29NO5/c1-7-29-22(26)18-13(2)24-15-11-23(3,4)12-16(25)20(15)19(18)14-9-8-10-17(27-5)21(14)28-6/h8-10,19,24H,7,11-12H2,1-6H3/t19-/m0/s1. The van der Waals surface area contributed by atoms with Gasteiger partial charge in [0.1, 0.15) is 0 Å². The molecule has 0 spiro atoms. The largest absolute Gasteiger partial charge is 0.493 e. The van der Waals surface area contributed by atoms with E-state index in [2.05, 4.69) is 19.2 Å². The van der Waals surface area contributed by atoms with Crippen LogP contribution in [-0.4, -0.2) is 32.6 Å². The maximum absolute atomic E-state index is 13.3. The molecule has 1 heterocycles. The predicted molar refractivity (Wildman–Crippen MR) is 110 cm³/mol. The number of Topliss-reactive ketones (excluding diaryl/α,β-unsaturated/α-hetero) is 1. The van der Waals surface area contributed by atoms with Crippen molar-refractivity contribution in [2.75, 3.05) is 20.8 Å². The molecule has 3 rings (SSSR count). The van der Waals surface area contributed by atoms with Crippen LogP contribution in [0.4, 0.5) is 0 Å². The van der Waals surface area contributed by atoms with Gasteiger partial charge in [-0.05, 0) is 31.7 Å². The van der Waals surface area contributed by atoms with E-state index in [4.69, 9.17) is 14.2 Å². The lowest BCUT2D eigenvalue weighted by Gasteiger charge is -2.39. The fourth-order valence-electron chi connectivity index (χ4n) is 4.37. The maximum atomic E-state index is 13.3. The number of ether oxygens (including phenoxy) is 3. The second-order valence-electron chi connectivity index (χ2n) is 8.23. The molecule has 6 heteroatoms. The number of hydrogen-bond donors (Lipinski definition) is 1. The summed E-state index contributed by atoms with van der Waals surface area (Å²) in [4.78, 5) is 26.2. The average molecular weight is 399 g/mol. The first-order valence-electron chi connectivity index (χ1n) is 9.86. The Morgan fingerprint density at radius 1 is 1.21 bits per heavy atom. The molecule has 0 amide bonds. The van der Waals surface area contributed by atoms with E-state index in [0.29, 0.717) is 34.8 Å². The quantitative estimate of drug-likeness (QED) is 0.758. The van der Waals surface area contributed by atoms with Gasteiger partial charge in [-0.2, -0.15) is 0 Å². The van der Waals surface area contributed by atoms with Crippen LogP contribution in [0.15, 0.2) is 40.7 Å². The zero-order chi connectivity index (χ0) is 21.3. The molecule has 156 valence electrons. The second-order valence-corrected chi connectivity index (χ2v) is 8.23. The Labute approximate surface area is 171 Å². The smallest absolute Gasteiger partial charge is 0.336 e. The van der Waals surface area contributed by atoms with Gasteiger partial charge in [0.05, 0.1) is 32.3 Å². The van der Waals surface area contributed by atoms with Crippen molar-refractivity contribution < 1.29 is 23.8 Å². The summed E-state index contributed by atoms with van der Waals surface area (Å²) in [6, 6.07) is 5.51. The number of allylic oxidation sites excluding steroid dienone is 3. The molecule has 1 aromatic rings. The van der Waals surface area contributed by atoms with E-state index >= 15 is 0 Å². The Balaban J connectivity index is 2.27. The molecule has 0 saturated heterocycles. The van der Waals surface area contributed by atoms with Gasteiger partial charge >= 0.3 is 5.97 Å². The molecule has 1 N–H and O–H groups in total. The maximum Gasteiger partial charge on any atom is 0.336 e. The summed E-state index contributed by atoms with van der Waals surface area (Å²) < 4.78 is 16.5. The van der Waals surface area contributed by atoms with Crippen LogP contribution in [0.25, 0.3) is 0 Å². The van der Waals surface area contributed by atoms with Crippen molar-refractivity contribution in [1.82, 2.24) is 5.32 Å². The molecule has 1 aliphatic heterocycles. The fraction of sp³-hybridized carbons (Fsp3) is 0.478. The van der Waals surface area contributed by atoms with E-state index in [9.17, 15) is 9.59 Å². The van der Waals surface area contributed by atoms with Gasteiger partial charge in [-0.3, -0.25) is 4.79 Å². The molecule has 1 aromatic carbocycles. The summed E-state index contributed by atoms with van der Waals surface area (Å²) in [5, 5.41) is 3.33. The molecule has 0 unspecified atom stereocenters. The number of methoxy groups -OCH3 is 2. The van der Waals surface area contributed by atoms with Crippen molar-refractivity contribution >= 4 is 11.8 Å². The molecule has 6 nitrogen and oxygen atoms in total. The SMILES string of the molecule is CCOC(=O)C1=C(C)NC2=C(C(=O)CC(C)(C)C2)[C@H]1c1cccc(OC)c1OC. The Morgan fingerprint density at radius 3 is 2.55 bits per heavy atom. The molecule has 1 atom stereocenters. The minimum absolute atomic E-state index is 0.0351. The van der Waals surface area contributed by atoms with Crippen molar-refractivity contribution in [1.29, 1.82) is 0 Å². The number of ketones is 1. The number of carbonyl (C=O) groups is 2. The highest BCUT2D eigenvalue weighted by atomic mass is 16.5. The molecule has 0 radical (unpaired) electrons. The lowest BCUT2D eigenvalue weighted by Crippen LogP contribution is -2.38. The minimum Gasteiger partial charge on any atom is -0.493 e. The first kappa shape index (κ1) is 21.0. The van der Waals surface area contributed by atoms with Crippen LogP contribution in [0, 0.1) is 5.41 Å². The van der Waals surface area contributed by atoms with Crippen LogP contribution in [0.5, 0.6) is 11.5 Å². The van der Waals surface area contributed by atoms with Crippen molar-refractivity contribution in [3.8, 4) is 11.5 Å². The topological polar surface area (TPSA) is 73.9 Å². The normalized spacial score (nSPS) is 20.8. The monoisotopic (exact) mass is 399 g/mol. The van der Waals surface area contributed by atoms with Gasteiger partial charge < -0.3 is 19.5 Å². The number of hydrogen-bond acceptors (Lipinski definition) is 6. The van der Waals surface area contributed by atoms with Gasteiger partial charge in [-0.15, -0.1) is 0 Å². The summed E-state index contributed by atoms with van der Waals surface area (Å²) in [5.74, 6) is 0.0968. The van der Waals surface area contributed by atoms with Gasteiger partial charge in [0.25, 0.3) is 0 Å². The number of nitrogens with one attached hydrogen (secondary N) is 1. The summed E-state index contributed by atoms with van der Waals surface area (Å²) in [5.41, 5.74) is 3.19. The van der Waals surface area contributed by atoms with Crippen molar-refractivity contribution in [3.63, 3.8) is 0 Å². The number of benzene rings is 1. The highest BCUT2D eigenvalue weighted by Gasteiger charge is 2.44. The van der Waals surface area contributed by atoms with Crippen molar-refractivity contribution in [2.45, 2.75) is 46.5 Å². The van der Waals surface area contributed by atoms with Crippen LogP contribution in [0.1, 0.15) is 52.0 Å². The number of esters is 1. The average Bonchev–Trinajstić information content (AvgIpc) is 2.65. The van der Waals surface area contributed by atoms with Gasteiger partial charge in [-0.25, -0.2) is 4.79 Å². The minimum atomic E-state index is -0.570. The van der Waals surface area contributed by atoms with Crippen LogP contribution in [-0.2, 0) is 14.3 Å². The van der Waals surface area contributed by atoms with E-state index in [0.717, 1.165) is 17.7 Å². The molecule has 0 bridgehead atoms. The zero-order valence-corrected chi connectivity index (χ0v) is 18.0. The molecule has 2 aliphatic rings. The highest BCUT2D eigenvalue weighted by molar-refractivity contribution is 6.04. The van der Waals surface area contributed by atoms with Crippen LogP contribution < -0.4 is 14.8 Å². The Morgan fingerprint density at radius 2 is 1.93 bits per heavy atom. The number of carbonyl (C=O) groups excluding carboxylic acids is 2. The van der Waals surface area contributed by atoms with E-state index in [-0.39, 0.29) is 17.8 Å². The van der Waals surface area contributed by atoms with Gasteiger partial charge in [0, 0.05) is 29.0 Å². The fourth-order valence-corrected chi connectivity index (χ4v) is 4.37.